The monoisotopic (exact) mass is 396 g/mol. The van der Waals surface area contributed by atoms with Crippen LogP contribution < -0.4 is 0 Å². The van der Waals surface area contributed by atoms with Crippen LogP contribution in [0, 0.1) is 34.5 Å². The number of rotatable bonds is 3. The predicted molar refractivity (Wildman–Crippen MR) is 113 cm³/mol. The van der Waals surface area contributed by atoms with Gasteiger partial charge in [0.25, 0.3) is 0 Å². The van der Waals surface area contributed by atoms with E-state index in [9.17, 15) is 9.90 Å². The van der Waals surface area contributed by atoms with Gasteiger partial charge >= 0.3 is 0 Å². The quantitative estimate of drug-likeness (QED) is 0.768. The third-order valence-corrected chi connectivity index (χ3v) is 9.65. The Hall–Kier alpha value is -1.19. The molecule has 0 aliphatic heterocycles. The minimum Gasteiger partial charge on any atom is -0.393 e. The standard InChI is InChI=1S/C26H36O3/c1-25-12-10-19(27)14-18(25)15-22(29-16-17-6-4-3-5-7-17)24-20-8-9-23(28)26(20,2)13-11-21(24)25/h3-7,18-22,24,27H,8-16H2,1-2H3/t18-,19+,20+,21+,22+,24+,25+,26+/m1/s1. The molecule has 0 amide bonds. The van der Waals surface area contributed by atoms with Gasteiger partial charge in [-0.3, -0.25) is 4.79 Å². The van der Waals surface area contributed by atoms with E-state index < -0.39 is 0 Å². The van der Waals surface area contributed by atoms with Gasteiger partial charge in [0.15, 0.2) is 0 Å². The zero-order valence-corrected chi connectivity index (χ0v) is 18.0. The van der Waals surface area contributed by atoms with E-state index in [0.29, 0.717) is 41.5 Å². The van der Waals surface area contributed by atoms with Crippen LogP contribution in [0.2, 0.25) is 0 Å². The fourth-order valence-electron chi connectivity index (χ4n) is 7.90. The summed E-state index contributed by atoms with van der Waals surface area (Å²) in [6.45, 7) is 5.39. The Morgan fingerprint density at radius 1 is 1.03 bits per heavy atom. The summed E-state index contributed by atoms with van der Waals surface area (Å²) in [5, 5.41) is 10.4. The fraction of sp³-hybridized carbons (Fsp3) is 0.731. The van der Waals surface area contributed by atoms with Gasteiger partial charge in [-0.1, -0.05) is 44.2 Å². The van der Waals surface area contributed by atoms with E-state index in [1.54, 1.807) is 0 Å². The van der Waals surface area contributed by atoms with E-state index >= 15 is 0 Å². The molecule has 29 heavy (non-hydrogen) atoms. The van der Waals surface area contributed by atoms with Gasteiger partial charge in [0.05, 0.1) is 18.8 Å². The molecule has 4 aliphatic carbocycles. The van der Waals surface area contributed by atoms with Gasteiger partial charge in [0, 0.05) is 11.8 Å². The van der Waals surface area contributed by atoms with Crippen LogP contribution in [-0.4, -0.2) is 23.1 Å². The highest BCUT2D eigenvalue weighted by molar-refractivity contribution is 5.87. The number of ketones is 1. The zero-order chi connectivity index (χ0) is 20.2. The maximum absolute atomic E-state index is 12.8. The summed E-state index contributed by atoms with van der Waals surface area (Å²) < 4.78 is 6.66. The second kappa shape index (κ2) is 7.20. The van der Waals surface area contributed by atoms with Crippen molar-refractivity contribution in [3.8, 4) is 0 Å². The number of ether oxygens (including phenoxy) is 1. The summed E-state index contributed by atoms with van der Waals surface area (Å²) in [6.07, 6.45) is 8.09. The molecule has 0 bridgehead atoms. The van der Waals surface area contributed by atoms with Gasteiger partial charge in [-0.15, -0.1) is 0 Å². The molecule has 4 saturated carbocycles. The molecule has 158 valence electrons. The Morgan fingerprint density at radius 3 is 2.62 bits per heavy atom. The highest BCUT2D eigenvalue weighted by atomic mass is 16.5. The van der Waals surface area contributed by atoms with Gasteiger partial charge in [0.2, 0.25) is 0 Å². The average Bonchev–Trinajstić information content (AvgIpc) is 3.02. The number of carbonyl (C=O) groups is 1. The first-order valence-electron chi connectivity index (χ1n) is 11.8. The lowest BCUT2D eigenvalue weighted by Gasteiger charge is -2.62. The maximum Gasteiger partial charge on any atom is 0.139 e. The number of benzene rings is 1. The summed E-state index contributed by atoms with van der Waals surface area (Å²) in [7, 11) is 0. The third kappa shape index (κ3) is 3.11. The Morgan fingerprint density at radius 2 is 1.83 bits per heavy atom. The first-order valence-corrected chi connectivity index (χ1v) is 11.8. The van der Waals surface area contributed by atoms with Gasteiger partial charge in [-0.25, -0.2) is 0 Å². The second-order valence-corrected chi connectivity index (χ2v) is 10.9. The fourth-order valence-corrected chi connectivity index (χ4v) is 7.90. The number of carbonyl (C=O) groups excluding carboxylic acids is 1. The molecular weight excluding hydrogens is 360 g/mol. The van der Waals surface area contributed by atoms with Crippen LogP contribution in [0.4, 0.5) is 0 Å². The Kier molecular flexibility index (Phi) is 4.90. The zero-order valence-electron chi connectivity index (χ0n) is 18.0. The summed E-state index contributed by atoms with van der Waals surface area (Å²) in [4.78, 5) is 12.8. The van der Waals surface area contributed by atoms with E-state index in [1.807, 2.05) is 6.07 Å². The minimum absolute atomic E-state index is 0.132. The molecule has 3 heteroatoms. The largest absolute Gasteiger partial charge is 0.393 e. The Balaban J connectivity index is 1.46. The number of hydrogen-bond donors (Lipinski definition) is 1. The lowest BCUT2D eigenvalue weighted by Crippen LogP contribution is -2.59. The van der Waals surface area contributed by atoms with Crippen LogP contribution >= 0.6 is 0 Å². The molecule has 5 rings (SSSR count). The van der Waals surface area contributed by atoms with Crippen molar-refractivity contribution in [1.82, 2.24) is 0 Å². The molecule has 0 aromatic heterocycles. The molecule has 0 radical (unpaired) electrons. The van der Waals surface area contributed by atoms with E-state index in [4.69, 9.17) is 4.74 Å². The van der Waals surface area contributed by atoms with E-state index in [0.717, 1.165) is 51.4 Å². The molecule has 0 unspecified atom stereocenters. The number of aliphatic hydroxyl groups is 1. The van der Waals surface area contributed by atoms with E-state index in [1.165, 1.54) is 5.56 Å². The molecule has 1 aromatic carbocycles. The van der Waals surface area contributed by atoms with Crippen molar-refractivity contribution in [2.75, 3.05) is 0 Å². The van der Waals surface area contributed by atoms with E-state index in [2.05, 4.69) is 38.1 Å². The highest BCUT2D eigenvalue weighted by Crippen LogP contribution is 2.65. The van der Waals surface area contributed by atoms with Crippen molar-refractivity contribution < 1.29 is 14.6 Å². The van der Waals surface area contributed by atoms with Crippen molar-refractivity contribution in [3.63, 3.8) is 0 Å². The van der Waals surface area contributed by atoms with Crippen LogP contribution in [0.15, 0.2) is 30.3 Å². The molecule has 0 saturated heterocycles. The molecule has 1 aromatic rings. The maximum atomic E-state index is 12.8. The molecule has 8 atom stereocenters. The highest BCUT2D eigenvalue weighted by Gasteiger charge is 2.62. The normalized spacial score (nSPS) is 46.7. The molecule has 4 aliphatic rings. The van der Waals surface area contributed by atoms with Gasteiger partial charge in [-0.2, -0.15) is 0 Å². The first-order chi connectivity index (χ1) is 13.9. The van der Waals surface area contributed by atoms with Crippen LogP contribution in [0.1, 0.15) is 70.8 Å². The third-order valence-electron chi connectivity index (χ3n) is 9.65. The summed E-state index contributed by atoms with van der Waals surface area (Å²) >= 11 is 0. The minimum atomic E-state index is -0.152. The Labute approximate surface area is 175 Å². The van der Waals surface area contributed by atoms with Crippen LogP contribution in [-0.2, 0) is 16.1 Å². The molecule has 0 spiro atoms. The van der Waals surface area contributed by atoms with Crippen LogP contribution in [0.25, 0.3) is 0 Å². The topological polar surface area (TPSA) is 46.5 Å². The molecule has 4 fully saturated rings. The van der Waals surface area contributed by atoms with E-state index in [-0.39, 0.29) is 17.6 Å². The van der Waals surface area contributed by atoms with Crippen molar-refractivity contribution >= 4 is 5.78 Å². The average molecular weight is 397 g/mol. The van der Waals surface area contributed by atoms with Gasteiger partial charge < -0.3 is 9.84 Å². The van der Waals surface area contributed by atoms with Gasteiger partial charge in [0.1, 0.15) is 5.78 Å². The molecule has 1 N–H and O–H groups in total. The van der Waals surface area contributed by atoms with Crippen LogP contribution in [0.5, 0.6) is 0 Å². The second-order valence-electron chi connectivity index (χ2n) is 10.9. The SMILES string of the molecule is C[C@]12CC[C@H](O)C[C@@H]1C[C@H](OCc1ccccc1)[C@@H]1[C@@H]2CC[C@]2(C)C(=O)CC[C@@H]12. The number of aliphatic hydroxyl groups excluding tert-OH is 1. The summed E-state index contributed by atoms with van der Waals surface area (Å²) in [5.41, 5.74) is 1.39. The summed E-state index contributed by atoms with van der Waals surface area (Å²) in [6, 6.07) is 10.5. The van der Waals surface area contributed by atoms with Gasteiger partial charge in [-0.05, 0) is 79.6 Å². The first kappa shape index (κ1) is 19.8. The van der Waals surface area contributed by atoms with Crippen molar-refractivity contribution in [1.29, 1.82) is 0 Å². The number of Topliss-reactive ketones (excluding diaryl/α,β-unsaturated/α-hetero) is 1. The predicted octanol–water partition coefficient (Wildman–Crippen LogP) is 5.15. The van der Waals surface area contributed by atoms with Crippen LogP contribution in [0.3, 0.4) is 0 Å². The lowest BCUT2D eigenvalue weighted by molar-refractivity contribution is -0.187. The number of hydrogen-bond acceptors (Lipinski definition) is 3. The van der Waals surface area contributed by atoms with Crippen molar-refractivity contribution in [2.45, 2.75) is 84.0 Å². The van der Waals surface area contributed by atoms with Crippen molar-refractivity contribution in [2.24, 2.45) is 34.5 Å². The molecule has 0 heterocycles. The lowest BCUT2D eigenvalue weighted by atomic mass is 9.44. The Bertz CT molecular complexity index is 760. The number of fused-ring (bicyclic) bond motifs is 5. The molecular formula is C26H36O3. The smallest absolute Gasteiger partial charge is 0.139 e. The summed E-state index contributed by atoms with van der Waals surface area (Å²) in [5.74, 6) is 2.61. The molecule has 3 nitrogen and oxygen atoms in total. The van der Waals surface area contributed by atoms with Crippen molar-refractivity contribution in [3.05, 3.63) is 35.9 Å².